The van der Waals surface area contributed by atoms with Gasteiger partial charge in [-0.2, -0.15) is 0 Å². The van der Waals surface area contributed by atoms with Crippen LogP contribution in [0.15, 0.2) is 108 Å². The summed E-state index contributed by atoms with van der Waals surface area (Å²) in [5, 5.41) is 0.760. The van der Waals surface area contributed by atoms with Crippen LogP contribution >= 0.6 is 0 Å². The molecule has 0 radical (unpaired) electrons. The predicted molar refractivity (Wildman–Crippen MR) is 128 cm³/mol. The Balaban J connectivity index is 1.35. The molecule has 5 aromatic rings. The molecule has 0 N–H and O–H groups in total. The summed E-state index contributed by atoms with van der Waals surface area (Å²) in [5.74, 6) is -0.387. The Bertz CT molecular complexity index is 1490. The van der Waals surface area contributed by atoms with Crippen molar-refractivity contribution in [2.24, 2.45) is 0 Å². The molecule has 0 spiro atoms. The van der Waals surface area contributed by atoms with Crippen molar-refractivity contribution in [1.29, 1.82) is 0 Å². The minimum Gasteiger partial charge on any atom is -0.489 e. The predicted octanol–water partition coefficient (Wildman–Crippen LogP) is 6.60. The van der Waals surface area contributed by atoms with E-state index in [1.54, 1.807) is 18.2 Å². The molecule has 6 heteroatoms. The number of ether oxygens (including phenoxy) is 2. The summed E-state index contributed by atoms with van der Waals surface area (Å²) in [4.78, 5) is 25.6. The van der Waals surface area contributed by atoms with Gasteiger partial charge in [0, 0.05) is 16.5 Å². The van der Waals surface area contributed by atoms with Gasteiger partial charge in [0.15, 0.2) is 5.78 Å². The van der Waals surface area contributed by atoms with Crippen molar-refractivity contribution in [3.63, 3.8) is 0 Å². The molecule has 35 heavy (non-hydrogen) atoms. The zero-order valence-corrected chi connectivity index (χ0v) is 18.4. The zero-order valence-electron chi connectivity index (χ0n) is 18.4. The van der Waals surface area contributed by atoms with Gasteiger partial charge in [-0.15, -0.1) is 0 Å². The molecular weight excluding hydrogens is 447 g/mol. The first-order valence-electron chi connectivity index (χ1n) is 10.9. The SMILES string of the molecule is O=C(c1ccc(F)cc1)c1ccc(OC(=O)c2oc3ccccc3c2COc2ccccc2)cc1. The molecule has 0 saturated heterocycles. The summed E-state index contributed by atoms with van der Waals surface area (Å²) in [6.07, 6.45) is 0. The second-order valence-electron chi connectivity index (χ2n) is 7.76. The van der Waals surface area contributed by atoms with E-state index in [-0.39, 0.29) is 23.9 Å². The first kappa shape index (κ1) is 22.1. The monoisotopic (exact) mass is 466 g/mol. The smallest absolute Gasteiger partial charge is 0.380 e. The molecule has 5 rings (SSSR count). The maximum absolute atomic E-state index is 13.1. The molecule has 0 bridgehead atoms. The molecule has 0 unspecified atom stereocenters. The average Bonchev–Trinajstić information content (AvgIpc) is 3.27. The second-order valence-corrected chi connectivity index (χ2v) is 7.76. The van der Waals surface area contributed by atoms with Crippen LogP contribution in [0.3, 0.4) is 0 Å². The third-order valence-electron chi connectivity index (χ3n) is 5.44. The lowest BCUT2D eigenvalue weighted by atomic mass is 10.0. The Morgan fingerprint density at radius 2 is 1.34 bits per heavy atom. The number of esters is 1. The lowest BCUT2D eigenvalue weighted by molar-refractivity contribution is 0.0700. The Morgan fingerprint density at radius 1 is 0.714 bits per heavy atom. The topological polar surface area (TPSA) is 65.7 Å². The Labute approximate surface area is 200 Å². The highest BCUT2D eigenvalue weighted by Crippen LogP contribution is 2.28. The van der Waals surface area contributed by atoms with Crippen LogP contribution < -0.4 is 9.47 Å². The van der Waals surface area contributed by atoms with Crippen LogP contribution in [0.1, 0.15) is 32.0 Å². The summed E-state index contributed by atoms with van der Waals surface area (Å²) in [6.45, 7) is 0.122. The highest BCUT2D eigenvalue weighted by molar-refractivity contribution is 6.09. The third-order valence-corrected chi connectivity index (χ3v) is 5.44. The molecule has 1 heterocycles. The molecular formula is C29H19FO5. The van der Waals surface area contributed by atoms with Gasteiger partial charge < -0.3 is 13.9 Å². The summed E-state index contributed by atoms with van der Waals surface area (Å²) in [6, 6.07) is 28.0. The Morgan fingerprint density at radius 3 is 2.06 bits per heavy atom. The number of fused-ring (bicyclic) bond motifs is 1. The number of para-hydroxylation sites is 2. The van der Waals surface area contributed by atoms with Crippen LogP contribution in [-0.4, -0.2) is 11.8 Å². The second kappa shape index (κ2) is 9.65. The number of halogens is 1. The largest absolute Gasteiger partial charge is 0.489 e. The van der Waals surface area contributed by atoms with Crippen molar-refractivity contribution in [2.45, 2.75) is 6.61 Å². The van der Waals surface area contributed by atoms with Crippen LogP contribution in [0.25, 0.3) is 11.0 Å². The number of carbonyl (C=O) groups excluding carboxylic acids is 2. The van der Waals surface area contributed by atoms with Gasteiger partial charge in [0.05, 0.1) is 5.56 Å². The van der Waals surface area contributed by atoms with Crippen LogP contribution in [0, 0.1) is 5.82 Å². The number of rotatable bonds is 7. The molecule has 0 aliphatic rings. The normalized spacial score (nSPS) is 10.8. The third kappa shape index (κ3) is 4.82. The van der Waals surface area contributed by atoms with E-state index < -0.39 is 11.8 Å². The molecule has 5 nitrogen and oxygen atoms in total. The van der Waals surface area contributed by atoms with Gasteiger partial charge in [0.25, 0.3) is 0 Å². The molecule has 0 saturated carbocycles. The molecule has 1 aromatic heterocycles. The molecule has 4 aromatic carbocycles. The van der Waals surface area contributed by atoms with E-state index >= 15 is 0 Å². The van der Waals surface area contributed by atoms with Gasteiger partial charge in [0.1, 0.15) is 29.5 Å². The number of ketones is 1. The van der Waals surface area contributed by atoms with E-state index in [2.05, 4.69) is 0 Å². The van der Waals surface area contributed by atoms with E-state index in [4.69, 9.17) is 13.9 Å². The summed E-state index contributed by atoms with van der Waals surface area (Å²) < 4.78 is 30.3. The van der Waals surface area contributed by atoms with E-state index in [0.717, 1.165) is 5.39 Å². The van der Waals surface area contributed by atoms with Crippen LogP contribution in [-0.2, 0) is 6.61 Å². The Kier molecular flexibility index (Phi) is 6.09. The summed E-state index contributed by atoms with van der Waals surface area (Å²) >= 11 is 0. The maximum atomic E-state index is 13.1. The standard InChI is InChI=1S/C29H19FO5/c30-21-14-10-19(11-15-21)27(31)20-12-16-23(17-13-20)34-29(32)28-25(18-33-22-6-2-1-3-7-22)24-8-4-5-9-26(24)35-28/h1-17H,18H2. The fourth-order valence-corrected chi connectivity index (χ4v) is 3.67. The van der Waals surface area contributed by atoms with Gasteiger partial charge in [0.2, 0.25) is 5.76 Å². The van der Waals surface area contributed by atoms with Gasteiger partial charge in [-0.1, -0.05) is 36.4 Å². The van der Waals surface area contributed by atoms with Crippen LogP contribution in [0.4, 0.5) is 4.39 Å². The summed E-state index contributed by atoms with van der Waals surface area (Å²) in [5.41, 5.74) is 1.88. The first-order chi connectivity index (χ1) is 17.1. The molecule has 172 valence electrons. The van der Waals surface area contributed by atoms with Crippen LogP contribution in [0.2, 0.25) is 0 Å². The lowest BCUT2D eigenvalue weighted by Gasteiger charge is -2.08. The van der Waals surface area contributed by atoms with Crippen molar-refractivity contribution in [3.8, 4) is 11.5 Å². The van der Waals surface area contributed by atoms with Gasteiger partial charge in [-0.25, -0.2) is 9.18 Å². The van der Waals surface area contributed by atoms with E-state index in [9.17, 15) is 14.0 Å². The average molecular weight is 466 g/mol. The fourth-order valence-electron chi connectivity index (χ4n) is 3.67. The van der Waals surface area contributed by atoms with Crippen molar-refractivity contribution in [2.75, 3.05) is 0 Å². The van der Waals surface area contributed by atoms with Crippen molar-refractivity contribution in [1.82, 2.24) is 0 Å². The molecule has 0 amide bonds. The Hall–Kier alpha value is -4.71. The fraction of sp³-hybridized carbons (Fsp3) is 0.0345. The number of hydrogen-bond acceptors (Lipinski definition) is 5. The minimum absolute atomic E-state index is 0.0496. The number of hydrogen-bond donors (Lipinski definition) is 0. The lowest BCUT2D eigenvalue weighted by Crippen LogP contribution is -2.11. The molecule has 0 aliphatic heterocycles. The minimum atomic E-state index is -0.675. The quantitative estimate of drug-likeness (QED) is 0.154. The molecule has 0 fully saturated rings. The first-order valence-corrected chi connectivity index (χ1v) is 10.9. The summed E-state index contributed by atoms with van der Waals surface area (Å²) in [7, 11) is 0. The number of carbonyl (C=O) groups is 2. The molecule has 0 aliphatic carbocycles. The number of furan rings is 1. The van der Waals surface area contributed by atoms with E-state index in [1.165, 1.54) is 36.4 Å². The number of benzene rings is 4. The molecule has 0 atom stereocenters. The van der Waals surface area contributed by atoms with Crippen LogP contribution in [0.5, 0.6) is 11.5 Å². The highest BCUT2D eigenvalue weighted by Gasteiger charge is 2.23. The van der Waals surface area contributed by atoms with Crippen molar-refractivity contribution in [3.05, 3.63) is 131 Å². The van der Waals surface area contributed by atoms with E-state index in [0.29, 0.717) is 28.0 Å². The van der Waals surface area contributed by atoms with Gasteiger partial charge in [-0.05, 0) is 66.7 Å². The zero-order chi connectivity index (χ0) is 24.2. The highest BCUT2D eigenvalue weighted by atomic mass is 19.1. The van der Waals surface area contributed by atoms with Crippen molar-refractivity contribution >= 4 is 22.7 Å². The van der Waals surface area contributed by atoms with E-state index in [1.807, 2.05) is 48.5 Å². The van der Waals surface area contributed by atoms with Crippen molar-refractivity contribution < 1.29 is 27.9 Å². The maximum Gasteiger partial charge on any atom is 0.380 e. The van der Waals surface area contributed by atoms with Gasteiger partial charge >= 0.3 is 5.97 Å². The van der Waals surface area contributed by atoms with Gasteiger partial charge in [-0.3, -0.25) is 4.79 Å².